The van der Waals surface area contributed by atoms with Gasteiger partial charge in [-0.05, 0) is 35.9 Å². The van der Waals surface area contributed by atoms with Gasteiger partial charge in [0.2, 0.25) is 5.91 Å². The van der Waals surface area contributed by atoms with Gasteiger partial charge in [0.25, 0.3) is 0 Å². The van der Waals surface area contributed by atoms with Gasteiger partial charge in [0.15, 0.2) is 0 Å². The van der Waals surface area contributed by atoms with Crippen molar-refractivity contribution in [2.45, 2.75) is 15.5 Å². The molecule has 0 heterocycles. The van der Waals surface area contributed by atoms with E-state index in [0.717, 1.165) is 15.4 Å². The summed E-state index contributed by atoms with van der Waals surface area (Å²) in [4.78, 5) is 12.7. The number of hydrogen-bond acceptors (Lipinski definition) is 3. The maximum atomic E-state index is 11.6. The molecule has 0 spiro atoms. The van der Waals surface area contributed by atoms with Crippen LogP contribution in [0.15, 0.2) is 52.3 Å². The normalized spacial score (nSPS) is 12.1. The Morgan fingerprint density at radius 2 is 1.68 bits per heavy atom. The molecule has 0 aromatic heterocycles. The van der Waals surface area contributed by atoms with E-state index in [9.17, 15) is 9.00 Å². The topological polar surface area (TPSA) is 60.2 Å². The van der Waals surface area contributed by atoms with Crippen molar-refractivity contribution in [2.75, 3.05) is 5.75 Å². The fourth-order valence-electron chi connectivity index (χ4n) is 1.73. The summed E-state index contributed by atoms with van der Waals surface area (Å²) in [5.41, 5.74) is 5.93. The van der Waals surface area contributed by atoms with Crippen LogP contribution in [-0.4, -0.2) is 15.9 Å². The van der Waals surface area contributed by atoms with Crippen molar-refractivity contribution in [3.8, 4) is 0 Å². The van der Waals surface area contributed by atoms with Gasteiger partial charge in [0.05, 0.1) is 10.0 Å². The lowest BCUT2D eigenvalue weighted by molar-refractivity contribution is -0.115. The van der Waals surface area contributed by atoms with Crippen LogP contribution in [-0.2, 0) is 21.3 Å². The summed E-state index contributed by atoms with van der Waals surface area (Å²) in [5, 5.41) is 1.04. The van der Waals surface area contributed by atoms with Crippen LogP contribution in [0, 0.1) is 0 Å². The molecule has 0 bridgehead atoms. The number of hydrogen-bond donors (Lipinski definition) is 1. The number of carbonyl (C=O) groups is 1. The number of halogens is 2. The zero-order valence-corrected chi connectivity index (χ0v) is 14.6. The smallest absolute Gasteiger partial charge is 0.230 e. The maximum Gasteiger partial charge on any atom is 0.230 e. The number of amides is 1. The van der Waals surface area contributed by atoms with E-state index in [2.05, 4.69) is 0 Å². The number of nitrogens with two attached hydrogens (primary N) is 1. The number of rotatable bonds is 6. The summed E-state index contributed by atoms with van der Waals surface area (Å²) in [7, 11) is -1.26. The SMILES string of the molecule is NC(=O)CS(=O)Cc1ccc(Sc2ccc(Cl)c(Cl)c2)cc1. The minimum atomic E-state index is -1.26. The molecule has 2 rings (SSSR count). The van der Waals surface area contributed by atoms with E-state index in [-0.39, 0.29) is 5.75 Å². The minimum Gasteiger partial charge on any atom is -0.369 e. The van der Waals surface area contributed by atoms with Gasteiger partial charge < -0.3 is 5.73 Å². The van der Waals surface area contributed by atoms with Crippen molar-refractivity contribution in [3.05, 3.63) is 58.1 Å². The lowest BCUT2D eigenvalue weighted by Crippen LogP contribution is -2.20. The molecule has 0 aliphatic rings. The van der Waals surface area contributed by atoms with E-state index in [1.54, 1.807) is 17.8 Å². The highest BCUT2D eigenvalue weighted by Crippen LogP contribution is 2.32. The molecule has 0 aliphatic carbocycles. The number of primary amides is 1. The Morgan fingerprint density at radius 3 is 2.27 bits per heavy atom. The Bertz CT molecular complexity index is 705. The first kappa shape index (κ1) is 17.3. The molecule has 0 aliphatic heterocycles. The van der Waals surface area contributed by atoms with Crippen LogP contribution in [0.1, 0.15) is 5.56 Å². The lowest BCUT2D eigenvalue weighted by Gasteiger charge is -2.05. The molecule has 3 nitrogen and oxygen atoms in total. The van der Waals surface area contributed by atoms with Crippen LogP contribution in [0.5, 0.6) is 0 Å². The van der Waals surface area contributed by atoms with Crippen LogP contribution in [0.25, 0.3) is 0 Å². The molecular formula is C15H13Cl2NO2S2. The van der Waals surface area contributed by atoms with Gasteiger partial charge in [-0.1, -0.05) is 47.1 Å². The van der Waals surface area contributed by atoms with Gasteiger partial charge in [0.1, 0.15) is 5.75 Å². The Hall–Kier alpha value is -1.01. The molecule has 116 valence electrons. The Labute approximate surface area is 145 Å². The number of benzene rings is 2. The standard InChI is InChI=1S/C15H13Cl2NO2S2/c16-13-6-5-12(7-14(13)17)21-11-3-1-10(2-4-11)8-22(20)9-15(18)19/h1-7H,8-9H2,(H2,18,19). The Kier molecular flexibility index (Phi) is 6.32. The average molecular weight is 374 g/mol. The molecule has 2 aromatic rings. The predicted octanol–water partition coefficient (Wildman–Crippen LogP) is 3.88. The van der Waals surface area contributed by atoms with Crippen molar-refractivity contribution in [1.29, 1.82) is 0 Å². The first-order valence-electron chi connectivity index (χ1n) is 6.29. The third kappa shape index (κ3) is 5.32. The van der Waals surface area contributed by atoms with Crippen LogP contribution in [0.4, 0.5) is 0 Å². The van der Waals surface area contributed by atoms with E-state index >= 15 is 0 Å². The fourth-order valence-corrected chi connectivity index (χ4v) is 3.93. The van der Waals surface area contributed by atoms with E-state index in [1.165, 1.54) is 0 Å². The van der Waals surface area contributed by atoms with Gasteiger partial charge in [-0.2, -0.15) is 0 Å². The summed E-state index contributed by atoms with van der Waals surface area (Å²) in [6, 6.07) is 13.1. The summed E-state index contributed by atoms with van der Waals surface area (Å²) in [5.74, 6) is -0.342. The summed E-state index contributed by atoms with van der Waals surface area (Å²) in [6.45, 7) is 0. The fraction of sp³-hybridized carbons (Fsp3) is 0.133. The lowest BCUT2D eigenvalue weighted by atomic mass is 10.2. The highest BCUT2D eigenvalue weighted by atomic mass is 35.5. The molecule has 2 N–H and O–H groups in total. The van der Waals surface area contributed by atoms with Crippen molar-refractivity contribution in [1.82, 2.24) is 0 Å². The third-order valence-corrected chi connectivity index (χ3v) is 5.68. The third-order valence-electron chi connectivity index (χ3n) is 2.68. The van der Waals surface area contributed by atoms with E-state index < -0.39 is 16.7 Å². The predicted molar refractivity (Wildman–Crippen MR) is 92.9 cm³/mol. The van der Waals surface area contributed by atoms with Gasteiger partial charge in [-0.3, -0.25) is 9.00 Å². The highest BCUT2D eigenvalue weighted by molar-refractivity contribution is 7.99. The van der Waals surface area contributed by atoms with Crippen LogP contribution in [0.3, 0.4) is 0 Å². The Balaban J connectivity index is 2.01. The second kappa shape index (κ2) is 8.02. The number of carbonyl (C=O) groups excluding carboxylic acids is 1. The van der Waals surface area contributed by atoms with E-state index in [4.69, 9.17) is 28.9 Å². The second-order valence-electron chi connectivity index (χ2n) is 4.52. The monoisotopic (exact) mass is 373 g/mol. The molecule has 1 amide bonds. The van der Waals surface area contributed by atoms with Gasteiger partial charge in [0, 0.05) is 26.3 Å². The van der Waals surface area contributed by atoms with Crippen molar-refractivity contribution < 1.29 is 9.00 Å². The van der Waals surface area contributed by atoms with Crippen molar-refractivity contribution >= 4 is 51.7 Å². The quantitative estimate of drug-likeness (QED) is 0.835. The van der Waals surface area contributed by atoms with Crippen LogP contribution >= 0.6 is 35.0 Å². The van der Waals surface area contributed by atoms with Gasteiger partial charge in [-0.25, -0.2) is 0 Å². The first-order valence-corrected chi connectivity index (χ1v) is 9.35. The van der Waals surface area contributed by atoms with Gasteiger partial charge in [-0.15, -0.1) is 0 Å². The highest BCUT2D eigenvalue weighted by Gasteiger charge is 2.06. The molecular weight excluding hydrogens is 361 g/mol. The molecule has 0 saturated carbocycles. The van der Waals surface area contributed by atoms with Crippen LogP contribution < -0.4 is 5.73 Å². The minimum absolute atomic E-state index is 0.111. The van der Waals surface area contributed by atoms with Crippen molar-refractivity contribution in [2.24, 2.45) is 5.73 Å². The molecule has 2 aromatic carbocycles. The summed E-state index contributed by atoms with van der Waals surface area (Å²) < 4.78 is 11.6. The average Bonchev–Trinajstić information content (AvgIpc) is 2.44. The molecule has 0 saturated heterocycles. The maximum absolute atomic E-state index is 11.6. The summed E-state index contributed by atoms with van der Waals surface area (Å²) in [6.07, 6.45) is 0. The van der Waals surface area contributed by atoms with Gasteiger partial charge >= 0.3 is 0 Å². The van der Waals surface area contributed by atoms with Crippen molar-refractivity contribution in [3.63, 3.8) is 0 Å². The largest absolute Gasteiger partial charge is 0.369 e. The zero-order valence-electron chi connectivity index (χ0n) is 11.4. The Morgan fingerprint density at radius 1 is 1.05 bits per heavy atom. The van der Waals surface area contributed by atoms with E-state index in [1.807, 2.05) is 36.4 Å². The molecule has 22 heavy (non-hydrogen) atoms. The van der Waals surface area contributed by atoms with Crippen LogP contribution in [0.2, 0.25) is 10.0 Å². The molecule has 0 fully saturated rings. The second-order valence-corrected chi connectivity index (χ2v) is 7.94. The molecule has 1 atom stereocenters. The summed E-state index contributed by atoms with van der Waals surface area (Å²) >= 11 is 13.4. The zero-order chi connectivity index (χ0) is 16.1. The molecule has 1 unspecified atom stereocenters. The molecule has 0 radical (unpaired) electrons. The first-order chi connectivity index (χ1) is 10.4. The molecule has 7 heteroatoms. The van der Waals surface area contributed by atoms with E-state index in [0.29, 0.717) is 15.8 Å².